The van der Waals surface area contributed by atoms with Crippen molar-refractivity contribution in [3.63, 3.8) is 0 Å². The number of halogens is 3. The summed E-state index contributed by atoms with van der Waals surface area (Å²) in [6.07, 6.45) is 0. The van der Waals surface area contributed by atoms with Gasteiger partial charge in [-0.25, -0.2) is 13.2 Å². The summed E-state index contributed by atoms with van der Waals surface area (Å²) in [5.41, 5.74) is 0.173. The van der Waals surface area contributed by atoms with E-state index in [2.05, 4.69) is 0 Å². The molecule has 0 N–H and O–H groups in total. The summed E-state index contributed by atoms with van der Waals surface area (Å²) in [6.45, 7) is 1.01. The van der Waals surface area contributed by atoms with E-state index in [4.69, 9.17) is 4.74 Å². The third kappa shape index (κ3) is 3.17. The highest BCUT2D eigenvalue weighted by atomic mass is 19.1. The van der Waals surface area contributed by atoms with Crippen molar-refractivity contribution in [2.45, 2.75) is 13.5 Å². The van der Waals surface area contributed by atoms with Crippen LogP contribution in [0.5, 0.6) is 5.75 Å². The number of ether oxygens (including phenoxy) is 1. The second-order valence-corrected chi connectivity index (χ2v) is 4.22. The SMILES string of the molecule is CC(=O)c1ccc(F)cc1OCc1cc(F)ccc1F. The largest absolute Gasteiger partial charge is 0.488 e. The number of carbonyl (C=O) groups is 1. The van der Waals surface area contributed by atoms with Crippen LogP contribution >= 0.6 is 0 Å². The van der Waals surface area contributed by atoms with Gasteiger partial charge in [0, 0.05) is 11.6 Å². The van der Waals surface area contributed by atoms with Crippen LogP contribution in [-0.4, -0.2) is 5.78 Å². The molecule has 2 aromatic rings. The van der Waals surface area contributed by atoms with Gasteiger partial charge in [0.05, 0.1) is 5.56 Å². The maximum Gasteiger partial charge on any atom is 0.163 e. The number of ketones is 1. The fourth-order valence-electron chi connectivity index (χ4n) is 1.72. The number of benzene rings is 2. The fraction of sp³-hybridized carbons (Fsp3) is 0.133. The van der Waals surface area contributed by atoms with Gasteiger partial charge >= 0.3 is 0 Å². The molecule has 0 fully saturated rings. The van der Waals surface area contributed by atoms with Crippen LogP contribution in [0.25, 0.3) is 0 Å². The van der Waals surface area contributed by atoms with E-state index in [-0.39, 0.29) is 29.3 Å². The van der Waals surface area contributed by atoms with Crippen molar-refractivity contribution in [3.05, 3.63) is 65.0 Å². The lowest BCUT2D eigenvalue weighted by atomic mass is 10.1. The van der Waals surface area contributed by atoms with Crippen molar-refractivity contribution in [2.75, 3.05) is 0 Å². The van der Waals surface area contributed by atoms with Gasteiger partial charge in [-0.2, -0.15) is 0 Å². The van der Waals surface area contributed by atoms with Crippen molar-refractivity contribution < 1.29 is 22.7 Å². The van der Waals surface area contributed by atoms with Gasteiger partial charge in [-0.1, -0.05) is 0 Å². The maximum atomic E-state index is 13.4. The normalized spacial score (nSPS) is 10.4. The Morgan fingerprint density at radius 1 is 1.05 bits per heavy atom. The molecule has 0 aliphatic carbocycles. The Balaban J connectivity index is 2.24. The Hall–Kier alpha value is -2.30. The molecule has 0 unspecified atom stereocenters. The smallest absolute Gasteiger partial charge is 0.163 e. The molecule has 0 saturated heterocycles. The second kappa shape index (κ2) is 5.77. The maximum absolute atomic E-state index is 13.4. The third-order valence-corrected chi connectivity index (χ3v) is 2.71. The minimum atomic E-state index is -0.632. The van der Waals surface area contributed by atoms with Crippen LogP contribution in [0.2, 0.25) is 0 Å². The van der Waals surface area contributed by atoms with Gasteiger partial charge in [-0.05, 0) is 37.3 Å². The van der Waals surface area contributed by atoms with E-state index in [9.17, 15) is 18.0 Å². The van der Waals surface area contributed by atoms with E-state index in [1.807, 2.05) is 0 Å². The molecule has 0 spiro atoms. The van der Waals surface area contributed by atoms with E-state index in [0.29, 0.717) is 0 Å². The first kappa shape index (κ1) is 14.1. The van der Waals surface area contributed by atoms with E-state index < -0.39 is 17.5 Å². The van der Waals surface area contributed by atoms with Gasteiger partial charge in [0.15, 0.2) is 5.78 Å². The lowest BCUT2D eigenvalue weighted by molar-refractivity contribution is 0.101. The molecule has 0 heterocycles. The topological polar surface area (TPSA) is 26.3 Å². The first-order valence-corrected chi connectivity index (χ1v) is 5.84. The zero-order chi connectivity index (χ0) is 14.7. The first-order valence-electron chi connectivity index (χ1n) is 5.84. The van der Waals surface area contributed by atoms with Crippen LogP contribution in [0.3, 0.4) is 0 Å². The van der Waals surface area contributed by atoms with Crippen molar-refractivity contribution in [2.24, 2.45) is 0 Å². The Labute approximate surface area is 113 Å². The van der Waals surface area contributed by atoms with Crippen molar-refractivity contribution in [1.29, 1.82) is 0 Å². The van der Waals surface area contributed by atoms with Gasteiger partial charge in [-0.15, -0.1) is 0 Å². The van der Waals surface area contributed by atoms with Crippen LogP contribution in [-0.2, 0) is 6.61 Å². The van der Waals surface area contributed by atoms with E-state index >= 15 is 0 Å². The quantitative estimate of drug-likeness (QED) is 0.794. The summed E-state index contributed by atoms with van der Waals surface area (Å²) >= 11 is 0. The zero-order valence-electron chi connectivity index (χ0n) is 10.6. The molecular weight excluding hydrogens is 269 g/mol. The zero-order valence-corrected chi connectivity index (χ0v) is 10.6. The van der Waals surface area contributed by atoms with Crippen LogP contribution in [0.1, 0.15) is 22.8 Å². The Morgan fingerprint density at radius 2 is 1.70 bits per heavy atom. The van der Waals surface area contributed by atoms with E-state index in [1.54, 1.807) is 0 Å². The molecule has 0 atom stereocenters. The molecule has 2 rings (SSSR count). The number of hydrogen-bond acceptors (Lipinski definition) is 2. The molecule has 0 bridgehead atoms. The minimum absolute atomic E-state index is 0.00108. The fourth-order valence-corrected chi connectivity index (χ4v) is 1.72. The van der Waals surface area contributed by atoms with Gasteiger partial charge in [0.25, 0.3) is 0 Å². The molecule has 0 aliphatic heterocycles. The molecule has 0 aromatic heterocycles. The number of carbonyl (C=O) groups excluding carboxylic acids is 1. The molecule has 104 valence electrons. The third-order valence-electron chi connectivity index (χ3n) is 2.71. The van der Waals surface area contributed by atoms with E-state index in [1.165, 1.54) is 13.0 Å². The van der Waals surface area contributed by atoms with Crippen LogP contribution in [0.15, 0.2) is 36.4 Å². The Kier molecular flexibility index (Phi) is 4.08. The average Bonchev–Trinajstić information content (AvgIpc) is 2.39. The molecule has 0 aliphatic rings. The van der Waals surface area contributed by atoms with Crippen LogP contribution in [0, 0.1) is 17.5 Å². The minimum Gasteiger partial charge on any atom is -0.488 e. The van der Waals surface area contributed by atoms with Crippen LogP contribution in [0.4, 0.5) is 13.2 Å². The predicted octanol–water partition coefficient (Wildman–Crippen LogP) is 3.89. The predicted molar refractivity (Wildman–Crippen MR) is 67.1 cm³/mol. The highest BCUT2D eigenvalue weighted by molar-refractivity contribution is 5.96. The molecule has 0 radical (unpaired) electrons. The Morgan fingerprint density at radius 3 is 2.40 bits per heavy atom. The summed E-state index contributed by atoms with van der Waals surface area (Å²) in [6, 6.07) is 6.41. The first-order chi connectivity index (χ1) is 9.47. The average molecular weight is 280 g/mol. The molecule has 20 heavy (non-hydrogen) atoms. The summed E-state index contributed by atoms with van der Waals surface area (Å²) in [4.78, 5) is 11.4. The van der Waals surface area contributed by atoms with Gasteiger partial charge in [0.1, 0.15) is 29.8 Å². The van der Waals surface area contributed by atoms with Gasteiger partial charge in [-0.3, -0.25) is 4.79 Å². The summed E-state index contributed by atoms with van der Waals surface area (Å²) in [5, 5.41) is 0. The molecule has 5 heteroatoms. The lowest BCUT2D eigenvalue weighted by Crippen LogP contribution is -2.04. The van der Waals surface area contributed by atoms with E-state index in [0.717, 1.165) is 30.3 Å². The lowest BCUT2D eigenvalue weighted by Gasteiger charge is -2.10. The molecule has 2 nitrogen and oxygen atoms in total. The molecule has 0 saturated carbocycles. The molecule has 2 aromatic carbocycles. The monoisotopic (exact) mass is 280 g/mol. The van der Waals surface area contributed by atoms with Crippen molar-refractivity contribution >= 4 is 5.78 Å². The highest BCUT2D eigenvalue weighted by Crippen LogP contribution is 2.22. The molecule has 0 amide bonds. The number of hydrogen-bond donors (Lipinski definition) is 0. The van der Waals surface area contributed by atoms with Crippen LogP contribution < -0.4 is 4.74 Å². The van der Waals surface area contributed by atoms with Crippen molar-refractivity contribution in [1.82, 2.24) is 0 Å². The summed E-state index contributed by atoms with van der Waals surface area (Å²) < 4.78 is 44.8. The summed E-state index contributed by atoms with van der Waals surface area (Å²) in [5.74, 6) is -2.12. The Bertz CT molecular complexity index is 654. The van der Waals surface area contributed by atoms with Gasteiger partial charge in [0.2, 0.25) is 0 Å². The van der Waals surface area contributed by atoms with Gasteiger partial charge < -0.3 is 4.74 Å². The standard InChI is InChI=1S/C15H11F3O2/c1-9(19)13-4-2-12(17)7-15(13)20-8-10-6-11(16)3-5-14(10)18/h2-7H,8H2,1H3. The number of Topliss-reactive ketones (excluding diaryl/α,β-unsaturated/α-hetero) is 1. The van der Waals surface area contributed by atoms with Crippen molar-refractivity contribution in [3.8, 4) is 5.75 Å². The number of rotatable bonds is 4. The second-order valence-electron chi connectivity index (χ2n) is 4.22. The summed E-state index contributed by atoms with van der Waals surface area (Å²) in [7, 11) is 0. The highest BCUT2D eigenvalue weighted by Gasteiger charge is 2.11. The molecular formula is C15H11F3O2.